The topological polar surface area (TPSA) is 65.7 Å². The Hall–Kier alpha value is -2.53. The Bertz CT molecular complexity index is 1090. The molecule has 0 saturated heterocycles. The van der Waals surface area contributed by atoms with E-state index in [9.17, 15) is 9.59 Å². The van der Waals surface area contributed by atoms with Crippen LogP contribution >= 0.6 is 11.6 Å². The fourth-order valence-corrected chi connectivity index (χ4v) is 6.90. The molecule has 0 N–H and O–H groups in total. The zero-order valence-corrected chi connectivity index (χ0v) is 21.7. The number of esters is 2. The maximum Gasteiger partial charge on any atom is 0.338 e. The summed E-state index contributed by atoms with van der Waals surface area (Å²) in [4.78, 5) is 25.2. The first-order chi connectivity index (χ1) is 16.7. The molecule has 0 aliphatic heterocycles. The quantitative estimate of drug-likeness (QED) is 0.299. The monoisotopic (exact) mass is 498 g/mol. The lowest BCUT2D eigenvalue weighted by Crippen LogP contribution is -2.53. The van der Waals surface area contributed by atoms with Crippen LogP contribution in [0.5, 0.6) is 0 Å². The molecule has 2 aromatic rings. The Morgan fingerprint density at radius 2 is 1.91 bits per heavy atom. The minimum absolute atomic E-state index is 0.00146. The fourth-order valence-electron chi connectivity index (χ4n) is 6.78. The van der Waals surface area contributed by atoms with Gasteiger partial charge < -0.3 is 13.9 Å². The number of hydrogen-bond acceptors (Lipinski definition) is 5. The molecule has 2 saturated carbocycles. The summed E-state index contributed by atoms with van der Waals surface area (Å²) < 4.78 is 16.4. The molecule has 35 heavy (non-hydrogen) atoms. The van der Waals surface area contributed by atoms with Crippen molar-refractivity contribution in [2.75, 3.05) is 7.11 Å². The number of fused-ring (bicyclic) bond motifs is 1. The van der Waals surface area contributed by atoms with E-state index in [-0.39, 0.29) is 23.9 Å². The van der Waals surface area contributed by atoms with E-state index in [0.29, 0.717) is 22.3 Å². The van der Waals surface area contributed by atoms with Crippen molar-refractivity contribution in [3.05, 3.63) is 70.7 Å². The lowest BCUT2D eigenvalue weighted by atomic mass is 9.46. The maximum atomic E-state index is 12.8. The van der Waals surface area contributed by atoms with Crippen molar-refractivity contribution in [1.82, 2.24) is 0 Å². The molecule has 0 unspecified atom stereocenters. The third-order valence-corrected chi connectivity index (χ3v) is 8.88. The summed E-state index contributed by atoms with van der Waals surface area (Å²) in [5.41, 5.74) is 2.32. The van der Waals surface area contributed by atoms with Crippen LogP contribution in [-0.2, 0) is 27.3 Å². The van der Waals surface area contributed by atoms with Crippen molar-refractivity contribution >= 4 is 23.5 Å². The summed E-state index contributed by atoms with van der Waals surface area (Å²) in [6.07, 6.45) is 8.26. The van der Waals surface area contributed by atoms with Gasteiger partial charge in [0, 0.05) is 5.02 Å². The van der Waals surface area contributed by atoms with Gasteiger partial charge in [-0.15, -0.1) is 0 Å². The van der Waals surface area contributed by atoms with E-state index in [1.165, 1.54) is 12.7 Å². The Morgan fingerprint density at radius 1 is 1.17 bits per heavy atom. The first-order valence-electron chi connectivity index (χ1n) is 12.4. The molecule has 4 atom stereocenters. The Balaban J connectivity index is 1.44. The molecule has 2 aliphatic rings. The number of methoxy groups -OCH3 is 1. The molecule has 2 aliphatic carbocycles. The van der Waals surface area contributed by atoms with Crippen LogP contribution in [0.3, 0.4) is 0 Å². The number of carbonyl (C=O) groups excluding carboxylic acids is 2. The number of benzene rings is 1. The summed E-state index contributed by atoms with van der Waals surface area (Å²) in [5.74, 6) is 0.753. The second-order valence-corrected chi connectivity index (χ2v) is 11.0. The number of ether oxygens (including phenoxy) is 2. The SMILES string of the molecule is C=C1CC[C@@H]2[C@@](C)(CCC[C@@]2(C)C(=O)OC)[C@H]1CCc1ccoc1COC(=O)c1ccc(Cl)cc1. The predicted molar refractivity (Wildman–Crippen MR) is 135 cm³/mol. The lowest BCUT2D eigenvalue weighted by molar-refractivity contribution is -0.168. The molecule has 2 fully saturated rings. The molecule has 0 amide bonds. The van der Waals surface area contributed by atoms with Crippen LogP contribution in [0.1, 0.15) is 74.1 Å². The van der Waals surface area contributed by atoms with Gasteiger partial charge in [0.05, 0.1) is 24.4 Å². The number of aryl methyl sites for hydroxylation is 1. The van der Waals surface area contributed by atoms with E-state index in [2.05, 4.69) is 20.4 Å². The normalized spacial score (nSPS) is 28.3. The number of halogens is 1. The zero-order chi connectivity index (χ0) is 25.2. The van der Waals surface area contributed by atoms with Gasteiger partial charge in [0.25, 0.3) is 0 Å². The van der Waals surface area contributed by atoms with E-state index in [4.69, 9.17) is 25.5 Å². The molecule has 1 aromatic carbocycles. The van der Waals surface area contributed by atoms with E-state index in [1.807, 2.05) is 6.07 Å². The van der Waals surface area contributed by atoms with Crippen LogP contribution in [-0.4, -0.2) is 19.0 Å². The van der Waals surface area contributed by atoms with Crippen LogP contribution in [0, 0.1) is 22.7 Å². The van der Waals surface area contributed by atoms with E-state index in [1.54, 1.807) is 30.5 Å². The molecule has 5 nitrogen and oxygen atoms in total. The van der Waals surface area contributed by atoms with Gasteiger partial charge in [0.1, 0.15) is 12.4 Å². The highest BCUT2D eigenvalue weighted by Gasteiger charge is 2.57. The summed E-state index contributed by atoms with van der Waals surface area (Å²) >= 11 is 5.90. The number of hydrogen-bond donors (Lipinski definition) is 0. The Morgan fingerprint density at radius 3 is 2.63 bits per heavy atom. The average molecular weight is 499 g/mol. The molecule has 4 rings (SSSR count). The average Bonchev–Trinajstić information content (AvgIpc) is 3.29. The van der Waals surface area contributed by atoms with Crippen LogP contribution in [0.25, 0.3) is 0 Å². The van der Waals surface area contributed by atoms with Gasteiger partial charge >= 0.3 is 11.9 Å². The Kier molecular flexibility index (Phi) is 7.46. The van der Waals surface area contributed by atoms with Crippen molar-refractivity contribution < 1.29 is 23.5 Å². The Labute approximate surface area is 212 Å². The molecule has 1 aromatic heterocycles. The van der Waals surface area contributed by atoms with Gasteiger partial charge in [-0.25, -0.2) is 4.79 Å². The molecule has 6 heteroatoms. The maximum absolute atomic E-state index is 12.8. The largest absolute Gasteiger partial charge is 0.469 e. The van der Waals surface area contributed by atoms with Crippen molar-refractivity contribution in [1.29, 1.82) is 0 Å². The van der Waals surface area contributed by atoms with Crippen molar-refractivity contribution in [2.45, 2.75) is 65.4 Å². The molecular weight excluding hydrogens is 464 g/mol. The zero-order valence-electron chi connectivity index (χ0n) is 20.9. The van der Waals surface area contributed by atoms with Gasteiger partial charge in [-0.05, 0) is 98.6 Å². The van der Waals surface area contributed by atoms with Gasteiger partial charge in [-0.2, -0.15) is 0 Å². The first kappa shape index (κ1) is 25.6. The standard InChI is InChI=1S/C29H35ClO5/c1-19-6-13-25-28(2,15-5-16-29(25,3)27(32)33-4)23(19)12-9-20-14-17-34-24(20)18-35-26(31)21-7-10-22(30)11-8-21/h7-8,10-11,14,17,23,25H,1,5-6,9,12-13,15-16,18H2,2-4H3/t23-,25+,28-,29+/m0/s1. The van der Waals surface area contributed by atoms with Gasteiger partial charge in [0.2, 0.25) is 0 Å². The summed E-state index contributed by atoms with van der Waals surface area (Å²) in [6, 6.07) is 8.57. The van der Waals surface area contributed by atoms with Crippen LogP contribution in [0.4, 0.5) is 0 Å². The molecule has 1 heterocycles. The van der Waals surface area contributed by atoms with Crippen LogP contribution in [0.2, 0.25) is 5.02 Å². The van der Waals surface area contributed by atoms with E-state index < -0.39 is 11.4 Å². The van der Waals surface area contributed by atoms with Crippen molar-refractivity contribution in [2.24, 2.45) is 22.7 Å². The summed E-state index contributed by atoms with van der Waals surface area (Å²) in [5, 5.41) is 0.569. The second-order valence-electron chi connectivity index (χ2n) is 10.6. The molecular formula is C29H35ClO5. The fraction of sp³-hybridized carbons (Fsp3) is 0.517. The van der Waals surface area contributed by atoms with E-state index >= 15 is 0 Å². The minimum atomic E-state index is -0.447. The molecule has 0 bridgehead atoms. The third-order valence-electron chi connectivity index (χ3n) is 8.63. The number of carbonyl (C=O) groups is 2. The lowest BCUT2D eigenvalue weighted by Gasteiger charge is -2.57. The predicted octanol–water partition coefficient (Wildman–Crippen LogP) is 7.17. The number of furan rings is 1. The van der Waals surface area contributed by atoms with Gasteiger partial charge in [-0.1, -0.05) is 37.1 Å². The highest BCUT2D eigenvalue weighted by atomic mass is 35.5. The van der Waals surface area contributed by atoms with Crippen LogP contribution < -0.4 is 0 Å². The summed E-state index contributed by atoms with van der Waals surface area (Å²) in [7, 11) is 1.50. The minimum Gasteiger partial charge on any atom is -0.469 e. The first-order valence-corrected chi connectivity index (χ1v) is 12.8. The van der Waals surface area contributed by atoms with E-state index in [0.717, 1.165) is 50.5 Å². The molecule has 0 radical (unpaired) electrons. The third kappa shape index (κ3) is 4.93. The molecule has 0 spiro atoms. The smallest absolute Gasteiger partial charge is 0.338 e. The van der Waals surface area contributed by atoms with Crippen LogP contribution in [0.15, 0.2) is 53.2 Å². The second kappa shape index (κ2) is 10.2. The number of allylic oxidation sites excluding steroid dienone is 1. The molecule has 188 valence electrons. The van der Waals surface area contributed by atoms with Gasteiger partial charge in [-0.3, -0.25) is 4.79 Å². The highest BCUT2D eigenvalue weighted by Crippen LogP contribution is 2.62. The van der Waals surface area contributed by atoms with Crippen molar-refractivity contribution in [3.63, 3.8) is 0 Å². The highest BCUT2D eigenvalue weighted by molar-refractivity contribution is 6.30. The van der Waals surface area contributed by atoms with Gasteiger partial charge in [0.15, 0.2) is 0 Å². The number of rotatable bonds is 7. The summed E-state index contributed by atoms with van der Waals surface area (Å²) in [6.45, 7) is 8.96. The van der Waals surface area contributed by atoms with Crippen molar-refractivity contribution in [3.8, 4) is 0 Å².